The number of rotatable bonds is 7. The van der Waals surface area contributed by atoms with Gasteiger partial charge in [-0.05, 0) is 43.0 Å². The Balaban J connectivity index is 1.67. The van der Waals surface area contributed by atoms with Gasteiger partial charge in [0.15, 0.2) is 0 Å². The van der Waals surface area contributed by atoms with Gasteiger partial charge in [0.05, 0.1) is 5.69 Å². The van der Waals surface area contributed by atoms with Crippen LogP contribution in [0.25, 0.3) is 5.82 Å². The second-order valence-corrected chi connectivity index (χ2v) is 6.69. The number of hydrogen-bond acceptors (Lipinski definition) is 4. The van der Waals surface area contributed by atoms with E-state index in [0.717, 1.165) is 35.9 Å². The van der Waals surface area contributed by atoms with Gasteiger partial charge in [0.1, 0.15) is 11.6 Å². The minimum atomic E-state index is 0.247. The minimum Gasteiger partial charge on any atom is -0.304 e. The fraction of sp³-hybridized carbons (Fsp3) is 0.350. The molecule has 0 bridgehead atoms. The summed E-state index contributed by atoms with van der Waals surface area (Å²) in [5, 5.41) is 3.63. The van der Waals surface area contributed by atoms with Crippen molar-refractivity contribution < 1.29 is 0 Å². The predicted octanol–water partition coefficient (Wildman–Crippen LogP) is 3.85. The van der Waals surface area contributed by atoms with Gasteiger partial charge < -0.3 is 5.32 Å². The zero-order valence-electron chi connectivity index (χ0n) is 15.1. The second-order valence-electron chi connectivity index (χ2n) is 6.69. The Morgan fingerprint density at radius 2 is 1.92 bits per heavy atom. The van der Waals surface area contributed by atoms with Crippen molar-refractivity contribution >= 4 is 0 Å². The van der Waals surface area contributed by atoms with Crippen LogP contribution in [-0.4, -0.2) is 19.5 Å². The maximum absolute atomic E-state index is 4.56. The molecule has 3 heterocycles. The molecule has 3 aromatic rings. The number of aryl methyl sites for hydroxylation is 1. The maximum atomic E-state index is 4.56. The Labute approximate surface area is 149 Å². The van der Waals surface area contributed by atoms with Crippen molar-refractivity contribution in [3.05, 3.63) is 72.2 Å². The molecule has 3 aromatic heterocycles. The third kappa shape index (κ3) is 4.51. The molecular weight excluding hydrogens is 310 g/mol. The van der Waals surface area contributed by atoms with Gasteiger partial charge in [0, 0.05) is 37.4 Å². The molecule has 0 fully saturated rings. The SMILES string of the molecule is Cc1nccn1-c1ccc(CN[C@@H](CC(C)C)c2ccccn2)cn1. The molecule has 0 aliphatic carbocycles. The number of nitrogens with one attached hydrogen (secondary N) is 1. The number of imidazole rings is 1. The van der Waals surface area contributed by atoms with E-state index in [1.54, 1.807) is 6.20 Å². The zero-order chi connectivity index (χ0) is 17.6. The second kappa shape index (κ2) is 8.03. The fourth-order valence-corrected chi connectivity index (χ4v) is 2.89. The summed E-state index contributed by atoms with van der Waals surface area (Å²) < 4.78 is 1.98. The van der Waals surface area contributed by atoms with Crippen molar-refractivity contribution in [2.24, 2.45) is 5.92 Å². The van der Waals surface area contributed by atoms with E-state index in [0.29, 0.717) is 5.92 Å². The van der Waals surface area contributed by atoms with E-state index in [1.807, 2.05) is 48.3 Å². The molecule has 130 valence electrons. The predicted molar refractivity (Wildman–Crippen MR) is 99.4 cm³/mol. The summed E-state index contributed by atoms with van der Waals surface area (Å²) in [7, 11) is 0. The van der Waals surface area contributed by atoms with Crippen LogP contribution in [0.3, 0.4) is 0 Å². The van der Waals surface area contributed by atoms with Crippen molar-refractivity contribution in [2.45, 2.75) is 39.8 Å². The maximum Gasteiger partial charge on any atom is 0.137 e. The molecule has 1 N–H and O–H groups in total. The van der Waals surface area contributed by atoms with E-state index < -0.39 is 0 Å². The molecule has 0 unspecified atom stereocenters. The van der Waals surface area contributed by atoms with Crippen LogP contribution in [0.5, 0.6) is 0 Å². The van der Waals surface area contributed by atoms with Gasteiger partial charge in [-0.3, -0.25) is 9.55 Å². The number of nitrogens with zero attached hydrogens (tertiary/aromatic N) is 4. The van der Waals surface area contributed by atoms with E-state index in [-0.39, 0.29) is 6.04 Å². The summed E-state index contributed by atoms with van der Waals surface area (Å²) in [6.45, 7) is 7.22. The molecule has 0 saturated heterocycles. The highest BCUT2D eigenvalue weighted by atomic mass is 15.1. The highest BCUT2D eigenvalue weighted by molar-refractivity contribution is 5.27. The summed E-state index contributed by atoms with van der Waals surface area (Å²) in [5.41, 5.74) is 2.25. The van der Waals surface area contributed by atoms with Gasteiger partial charge in [-0.15, -0.1) is 0 Å². The first-order valence-electron chi connectivity index (χ1n) is 8.73. The van der Waals surface area contributed by atoms with Crippen LogP contribution in [0.2, 0.25) is 0 Å². The van der Waals surface area contributed by atoms with Crippen molar-refractivity contribution in [2.75, 3.05) is 0 Å². The van der Waals surface area contributed by atoms with Crippen LogP contribution in [0.15, 0.2) is 55.1 Å². The van der Waals surface area contributed by atoms with Gasteiger partial charge in [-0.25, -0.2) is 9.97 Å². The molecule has 0 radical (unpaired) electrons. The molecule has 0 aliphatic rings. The molecule has 1 atom stereocenters. The van der Waals surface area contributed by atoms with Crippen LogP contribution in [-0.2, 0) is 6.54 Å². The Hall–Kier alpha value is -2.53. The standard InChI is InChI=1S/C20H25N5/c1-15(2)12-19(18-6-4-5-9-22-18)23-13-17-7-8-20(24-14-17)25-11-10-21-16(25)3/h4-11,14-15,19,23H,12-13H2,1-3H3/t19-/m0/s1. The largest absolute Gasteiger partial charge is 0.304 e. The number of aromatic nitrogens is 4. The molecule has 0 amide bonds. The average Bonchev–Trinajstić information content (AvgIpc) is 3.05. The van der Waals surface area contributed by atoms with Crippen molar-refractivity contribution in [1.82, 2.24) is 24.8 Å². The first-order valence-corrected chi connectivity index (χ1v) is 8.73. The van der Waals surface area contributed by atoms with Gasteiger partial charge in [-0.1, -0.05) is 26.0 Å². The average molecular weight is 335 g/mol. The molecular formula is C20H25N5. The van der Waals surface area contributed by atoms with Gasteiger partial charge >= 0.3 is 0 Å². The molecule has 3 rings (SSSR count). The Bertz CT molecular complexity index is 777. The van der Waals surface area contributed by atoms with E-state index in [1.165, 1.54) is 0 Å². The van der Waals surface area contributed by atoms with E-state index in [4.69, 9.17) is 0 Å². The summed E-state index contributed by atoms with van der Waals surface area (Å²) in [6.07, 6.45) is 8.54. The molecule has 0 aliphatic heterocycles. The fourth-order valence-electron chi connectivity index (χ4n) is 2.89. The third-order valence-corrected chi connectivity index (χ3v) is 4.19. The molecule has 0 saturated carbocycles. The highest BCUT2D eigenvalue weighted by Gasteiger charge is 2.14. The third-order valence-electron chi connectivity index (χ3n) is 4.19. The van der Waals surface area contributed by atoms with Crippen LogP contribution in [0.4, 0.5) is 0 Å². The van der Waals surface area contributed by atoms with E-state index in [9.17, 15) is 0 Å². The minimum absolute atomic E-state index is 0.247. The lowest BCUT2D eigenvalue weighted by molar-refractivity contribution is 0.421. The van der Waals surface area contributed by atoms with Crippen molar-refractivity contribution in [3.63, 3.8) is 0 Å². The topological polar surface area (TPSA) is 55.6 Å². The highest BCUT2D eigenvalue weighted by Crippen LogP contribution is 2.20. The molecule has 0 aromatic carbocycles. The van der Waals surface area contributed by atoms with E-state index in [2.05, 4.69) is 46.2 Å². The summed E-state index contributed by atoms with van der Waals surface area (Å²) in [6, 6.07) is 10.5. The van der Waals surface area contributed by atoms with Crippen molar-refractivity contribution in [3.8, 4) is 5.82 Å². The quantitative estimate of drug-likeness (QED) is 0.712. The van der Waals surface area contributed by atoms with Crippen LogP contribution < -0.4 is 5.32 Å². The van der Waals surface area contributed by atoms with Crippen molar-refractivity contribution in [1.29, 1.82) is 0 Å². The Kier molecular flexibility index (Phi) is 5.56. The van der Waals surface area contributed by atoms with Crippen LogP contribution >= 0.6 is 0 Å². The van der Waals surface area contributed by atoms with E-state index >= 15 is 0 Å². The lowest BCUT2D eigenvalue weighted by Gasteiger charge is -2.20. The lowest BCUT2D eigenvalue weighted by Crippen LogP contribution is -2.23. The zero-order valence-corrected chi connectivity index (χ0v) is 15.1. The van der Waals surface area contributed by atoms with Gasteiger partial charge in [0.25, 0.3) is 0 Å². The Morgan fingerprint density at radius 3 is 2.52 bits per heavy atom. The number of pyridine rings is 2. The normalized spacial score (nSPS) is 12.5. The summed E-state index contributed by atoms with van der Waals surface area (Å²) in [5.74, 6) is 2.43. The molecule has 5 nitrogen and oxygen atoms in total. The van der Waals surface area contributed by atoms with Crippen LogP contribution in [0.1, 0.15) is 43.4 Å². The summed E-state index contributed by atoms with van der Waals surface area (Å²) >= 11 is 0. The molecule has 25 heavy (non-hydrogen) atoms. The smallest absolute Gasteiger partial charge is 0.137 e. The first kappa shape index (κ1) is 17.3. The molecule has 0 spiro atoms. The van der Waals surface area contributed by atoms with Gasteiger partial charge in [0.2, 0.25) is 0 Å². The monoisotopic (exact) mass is 335 g/mol. The first-order chi connectivity index (χ1) is 12.1. The van der Waals surface area contributed by atoms with Crippen LogP contribution in [0, 0.1) is 12.8 Å². The Morgan fingerprint density at radius 1 is 1.04 bits per heavy atom. The summed E-state index contributed by atoms with van der Waals surface area (Å²) in [4.78, 5) is 13.3. The number of hydrogen-bond donors (Lipinski definition) is 1. The molecule has 5 heteroatoms. The lowest BCUT2D eigenvalue weighted by atomic mass is 10.0. The van der Waals surface area contributed by atoms with Gasteiger partial charge in [-0.2, -0.15) is 0 Å².